The summed E-state index contributed by atoms with van der Waals surface area (Å²) in [4.78, 5) is 14.1. The SMILES string of the molecule is CC#CC1(COc2ccc3c(CCC4CCN(C(=O)OC(C)(C)C)CC4)noc3c2C)CC1. The third-order valence-corrected chi connectivity index (χ3v) is 6.72. The number of carbonyl (C=O) groups is 1. The number of rotatable bonds is 6. The van der Waals surface area contributed by atoms with Crippen molar-refractivity contribution in [3.63, 3.8) is 0 Å². The lowest BCUT2D eigenvalue weighted by molar-refractivity contribution is 0.0181. The van der Waals surface area contributed by atoms with E-state index in [0.29, 0.717) is 12.5 Å². The standard InChI is InChI=1S/C27H36N2O4/c1-6-13-27(14-15-27)18-31-23-10-8-21-22(28-33-24(21)19(23)2)9-7-20-11-16-29(17-12-20)25(30)32-26(3,4)5/h8,10,20H,7,9,11-12,14-18H2,1-5H3. The van der Waals surface area contributed by atoms with Crippen LogP contribution in [0.25, 0.3) is 11.0 Å². The molecule has 0 radical (unpaired) electrons. The van der Waals surface area contributed by atoms with Crippen molar-refractivity contribution in [2.45, 2.75) is 78.7 Å². The van der Waals surface area contributed by atoms with Crippen molar-refractivity contribution in [3.8, 4) is 17.6 Å². The summed E-state index contributed by atoms with van der Waals surface area (Å²) in [7, 11) is 0. The summed E-state index contributed by atoms with van der Waals surface area (Å²) in [6, 6.07) is 4.10. The normalized spacial score (nSPS) is 18.0. The van der Waals surface area contributed by atoms with Crippen molar-refractivity contribution >= 4 is 17.1 Å². The van der Waals surface area contributed by atoms with Crippen LogP contribution in [-0.2, 0) is 11.2 Å². The molecule has 0 unspecified atom stereocenters. The summed E-state index contributed by atoms with van der Waals surface area (Å²) in [5.41, 5.74) is 2.41. The summed E-state index contributed by atoms with van der Waals surface area (Å²) >= 11 is 0. The number of aromatic nitrogens is 1. The minimum Gasteiger partial charge on any atom is -0.492 e. The fraction of sp³-hybridized carbons (Fsp3) is 0.630. The fourth-order valence-corrected chi connectivity index (χ4v) is 4.51. The number of likely N-dealkylation sites (tertiary alicyclic amines) is 1. The van der Waals surface area contributed by atoms with E-state index in [2.05, 4.69) is 23.1 Å². The van der Waals surface area contributed by atoms with Gasteiger partial charge in [0, 0.05) is 24.0 Å². The average Bonchev–Trinajstić information content (AvgIpc) is 3.40. The third-order valence-electron chi connectivity index (χ3n) is 6.72. The van der Waals surface area contributed by atoms with Gasteiger partial charge in [0.05, 0.1) is 11.1 Å². The first-order valence-electron chi connectivity index (χ1n) is 12.1. The van der Waals surface area contributed by atoms with Gasteiger partial charge in [-0.25, -0.2) is 4.79 Å². The number of fused-ring (bicyclic) bond motifs is 1. The molecule has 2 aromatic rings. The number of ether oxygens (including phenoxy) is 2. The number of nitrogens with zero attached hydrogens (tertiary/aromatic N) is 2. The molecule has 33 heavy (non-hydrogen) atoms. The molecule has 2 heterocycles. The van der Waals surface area contributed by atoms with Crippen molar-refractivity contribution in [1.29, 1.82) is 0 Å². The predicted molar refractivity (Wildman–Crippen MR) is 128 cm³/mol. The third kappa shape index (κ3) is 5.63. The van der Waals surface area contributed by atoms with E-state index in [1.807, 2.05) is 45.6 Å². The number of piperidine rings is 1. The largest absolute Gasteiger partial charge is 0.492 e. The molecular formula is C27H36N2O4. The van der Waals surface area contributed by atoms with E-state index in [1.165, 1.54) is 0 Å². The van der Waals surface area contributed by atoms with Crippen LogP contribution >= 0.6 is 0 Å². The second kappa shape index (κ2) is 9.29. The molecule has 1 aromatic carbocycles. The molecule has 2 fully saturated rings. The Morgan fingerprint density at radius 2 is 2.00 bits per heavy atom. The lowest BCUT2D eigenvalue weighted by Gasteiger charge is -2.33. The maximum absolute atomic E-state index is 12.3. The highest BCUT2D eigenvalue weighted by Crippen LogP contribution is 2.45. The maximum atomic E-state index is 12.3. The van der Waals surface area contributed by atoms with E-state index in [0.717, 1.165) is 79.6 Å². The van der Waals surface area contributed by atoms with Gasteiger partial charge in [0.25, 0.3) is 0 Å². The second-order valence-electron chi connectivity index (χ2n) is 10.6. The predicted octanol–water partition coefficient (Wildman–Crippen LogP) is 5.90. The van der Waals surface area contributed by atoms with Crippen LogP contribution in [0.15, 0.2) is 16.7 Å². The lowest BCUT2D eigenvalue weighted by atomic mass is 9.91. The van der Waals surface area contributed by atoms with Gasteiger partial charge in [-0.3, -0.25) is 0 Å². The molecule has 178 valence electrons. The molecule has 1 aliphatic heterocycles. The maximum Gasteiger partial charge on any atom is 0.410 e. The van der Waals surface area contributed by atoms with Gasteiger partial charge < -0.3 is 18.9 Å². The molecule has 2 aliphatic rings. The van der Waals surface area contributed by atoms with Gasteiger partial charge in [-0.15, -0.1) is 5.92 Å². The summed E-state index contributed by atoms with van der Waals surface area (Å²) in [6.07, 6.45) is 5.92. The Kier molecular flexibility index (Phi) is 6.61. The summed E-state index contributed by atoms with van der Waals surface area (Å²) in [5.74, 6) is 7.75. The van der Waals surface area contributed by atoms with Gasteiger partial charge in [-0.05, 0) is 91.2 Å². The Balaban J connectivity index is 1.31. The average molecular weight is 453 g/mol. The summed E-state index contributed by atoms with van der Waals surface area (Å²) < 4.78 is 17.3. The van der Waals surface area contributed by atoms with Crippen molar-refractivity contribution < 1.29 is 18.8 Å². The van der Waals surface area contributed by atoms with Crippen LogP contribution in [0.1, 0.15) is 71.1 Å². The van der Waals surface area contributed by atoms with Crippen molar-refractivity contribution in [2.24, 2.45) is 11.3 Å². The molecule has 0 N–H and O–H groups in total. The van der Waals surface area contributed by atoms with Gasteiger partial charge in [0.2, 0.25) is 0 Å². The molecule has 6 heteroatoms. The van der Waals surface area contributed by atoms with Crippen LogP contribution in [0.3, 0.4) is 0 Å². The minimum absolute atomic E-state index is 0.0434. The Labute approximate surface area is 197 Å². The Morgan fingerprint density at radius 1 is 1.27 bits per heavy atom. The van der Waals surface area contributed by atoms with E-state index in [4.69, 9.17) is 14.0 Å². The molecule has 6 nitrogen and oxygen atoms in total. The monoisotopic (exact) mass is 452 g/mol. The van der Waals surface area contributed by atoms with Crippen LogP contribution in [0.4, 0.5) is 4.79 Å². The van der Waals surface area contributed by atoms with Crippen molar-refractivity contribution in [3.05, 3.63) is 23.4 Å². The first-order valence-corrected chi connectivity index (χ1v) is 12.1. The molecule has 0 atom stereocenters. The Bertz CT molecular complexity index is 1060. The molecular weight excluding hydrogens is 416 g/mol. The van der Waals surface area contributed by atoms with E-state index >= 15 is 0 Å². The van der Waals surface area contributed by atoms with Crippen LogP contribution in [0.2, 0.25) is 0 Å². The van der Waals surface area contributed by atoms with E-state index in [1.54, 1.807) is 0 Å². The van der Waals surface area contributed by atoms with E-state index in [9.17, 15) is 4.79 Å². The zero-order chi connectivity index (χ0) is 23.6. The number of benzene rings is 1. The smallest absolute Gasteiger partial charge is 0.410 e. The summed E-state index contributed by atoms with van der Waals surface area (Å²) in [6.45, 7) is 11.8. The number of hydrogen-bond acceptors (Lipinski definition) is 5. The molecule has 0 bridgehead atoms. The molecule has 1 saturated heterocycles. The first kappa shape index (κ1) is 23.5. The van der Waals surface area contributed by atoms with Crippen LogP contribution in [0.5, 0.6) is 5.75 Å². The molecule has 1 amide bonds. The van der Waals surface area contributed by atoms with Gasteiger partial charge >= 0.3 is 6.09 Å². The van der Waals surface area contributed by atoms with Gasteiger partial charge in [-0.2, -0.15) is 0 Å². The second-order valence-corrected chi connectivity index (χ2v) is 10.6. The van der Waals surface area contributed by atoms with Crippen LogP contribution < -0.4 is 4.74 Å². The van der Waals surface area contributed by atoms with Gasteiger partial charge in [0.15, 0.2) is 5.58 Å². The Morgan fingerprint density at radius 3 is 2.64 bits per heavy atom. The Hall–Kier alpha value is -2.68. The minimum atomic E-state index is -0.450. The highest BCUT2D eigenvalue weighted by atomic mass is 16.6. The molecule has 4 rings (SSSR count). The number of amides is 1. The van der Waals surface area contributed by atoms with Crippen molar-refractivity contribution in [1.82, 2.24) is 10.1 Å². The van der Waals surface area contributed by atoms with Gasteiger partial charge in [0.1, 0.15) is 18.0 Å². The topological polar surface area (TPSA) is 64.8 Å². The lowest BCUT2D eigenvalue weighted by Crippen LogP contribution is -2.41. The first-order chi connectivity index (χ1) is 15.7. The van der Waals surface area contributed by atoms with Crippen LogP contribution in [-0.4, -0.2) is 41.4 Å². The highest BCUT2D eigenvalue weighted by molar-refractivity contribution is 5.84. The van der Waals surface area contributed by atoms with E-state index < -0.39 is 5.60 Å². The quantitative estimate of drug-likeness (QED) is 0.511. The van der Waals surface area contributed by atoms with Crippen LogP contribution in [0, 0.1) is 30.1 Å². The molecule has 1 aliphatic carbocycles. The molecule has 1 aromatic heterocycles. The zero-order valence-electron chi connectivity index (χ0n) is 20.6. The zero-order valence-corrected chi connectivity index (χ0v) is 20.6. The number of aryl methyl sites for hydroxylation is 2. The van der Waals surface area contributed by atoms with Gasteiger partial charge in [-0.1, -0.05) is 11.1 Å². The summed E-state index contributed by atoms with van der Waals surface area (Å²) in [5, 5.41) is 5.45. The highest BCUT2D eigenvalue weighted by Gasteiger charge is 2.42. The number of carbonyl (C=O) groups excluding carboxylic acids is 1. The molecule has 0 spiro atoms. The fourth-order valence-electron chi connectivity index (χ4n) is 4.51. The molecule has 1 saturated carbocycles. The number of hydrogen-bond donors (Lipinski definition) is 0. The van der Waals surface area contributed by atoms with E-state index in [-0.39, 0.29) is 11.5 Å². The van der Waals surface area contributed by atoms with Crippen molar-refractivity contribution in [2.75, 3.05) is 19.7 Å².